The Labute approximate surface area is 254 Å². The number of Topliss-reactive ketones (excluding diaryl/α,β-unsaturated/α-hetero) is 1. The van der Waals surface area contributed by atoms with E-state index in [1.165, 1.54) is 5.57 Å². The van der Waals surface area contributed by atoms with Gasteiger partial charge in [-0.15, -0.1) is 0 Å². The van der Waals surface area contributed by atoms with Gasteiger partial charge in [0.2, 0.25) is 0 Å². The molecular weight excluding hydrogens is 548 g/mol. The summed E-state index contributed by atoms with van der Waals surface area (Å²) in [7, 11) is 0. The summed E-state index contributed by atoms with van der Waals surface area (Å²) >= 11 is 0. The number of aliphatic hydroxyl groups excluding tert-OH is 1. The SMILES string of the molecule is CCOC(=O)C(NC(=O)CO/N=C1\C=C2CCC3C(CC[C@@]4(C)C3CC[C@]4(O)C(C)=O)[C@@]2(C)CC1)C(O)c1ccccc1. The molecule has 43 heavy (non-hydrogen) atoms. The summed E-state index contributed by atoms with van der Waals surface area (Å²) in [5, 5.41) is 29.0. The molecule has 3 N–H and O–H groups in total. The van der Waals surface area contributed by atoms with Crippen LogP contribution in [0.5, 0.6) is 0 Å². The summed E-state index contributed by atoms with van der Waals surface area (Å²) in [6, 6.07) is 7.36. The molecule has 0 saturated heterocycles. The molecule has 1 amide bonds. The van der Waals surface area contributed by atoms with E-state index in [4.69, 9.17) is 9.57 Å². The van der Waals surface area contributed by atoms with Crippen LogP contribution in [0.4, 0.5) is 0 Å². The van der Waals surface area contributed by atoms with E-state index in [1.807, 2.05) is 0 Å². The fraction of sp³-hybridized carbons (Fsp3) is 0.647. The fourth-order valence-corrected chi connectivity index (χ4v) is 8.97. The predicted molar refractivity (Wildman–Crippen MR) is 161 cm³/mol. The molecular formula is C34H46N2O7. The third-order valence-electron chi connectivity index (χ3n) is 11.4. The number of nitrogens with one attached hydrogen (secondary N) is 1. The fourth-order valence-electron chi connectivity index (χ4n) is 8.97. The van der Waals surface area contributed by atoms with Gasteiger partial charge in [0.15, 0.2) is 18.4 Å². The highest BCUT2D eigenvalue weighted by atomic mass is 16.6. The highest BCUT2D eigenvalue weighted by Crippen LogP contribution is 2.67. The van der Waals surface area contributed by atoms with Gasteiger partial charge in [-0.05, 0) is 100 Å². The largest absolute Gasteiger partial charge is 0.464 e. The minimum Gasteiger partial charge on any atom is -0.464 e. The van der Waals surface area contributed by atoms with Gasteiger partial charge >= 0.3 is 5.97 Å². The lowest BCUT2D eigenvalue weighted by molar-refractivity contribution is -0.159. The number of hydrogen-bond donors (Lipinski definition) is 3. The Bertz CT molecular complexity index is 1290. The second kappa shape index (κ2) is 12.2. The Kier molecular flexibility index (Phi) is 8.87. The number of allylic oxidation sites excluding steroid dienone is 2. The molecule has 0 aromatic heterocycles. The summed E-state index contributed by atoms with van der Waals surface area (Å²) in [6.07, 6.45) is 7.84. The Morgan fingerprint density at radius 2 is 1.77 bits per heavy atom. The summed E-state index contributed by atoms with van der Waals surface area (Å²) < 4.78 is 5.08. The molecule has 5 rings (SSSR count). The summed E-state index contributed by atoms with van der Waals surface area (Å²) in [5.74, 6) is -0.0466. The Morgan fingerprint density at radius 1 is 1.05 bits per heavy atom. The smallest absolute Gasteiger partial charge is 0.331 e. The Hall–Kier alpha value is -3.04. The van der Waals surface area contributed by atoms with Gasteiger partial charge in [0.1, 0.15) is 11.7 Å². The van der Waals surface area contributed by atoms with E-state index >= 15 is 0 Å². The lowest BCUT2D eigenvalue weighted by atomic mass is 9.46. The zero-order chi connectivity index (χ0) is 31.0. The van der Waals surface area contributed by atoms with E-state index in [9.17, 15) is 24.6 Å². The van der Waals surface area contributed by atoms with E-state index in [-0.39, 0.29) is 23.2 Å². The third-order valence-corrected chi connectivity index (χ3v) is 11.4. The van der Waals surface area contributed by atoms with Crippen LogP contribution in [0.3, 0.4) is 0 Å². The second-order valence-corrected chi connectivity index (χ2v) is 13.4. The maximum Gasteiger partial charge on any atom is 0.331 e. The van der Waals surface area contributed by atoms with Crippen molar-refractivity contribution >= 4 is 23.4 Å². The van der Waals surface area contributed by atoms with Crippen LogP contribution in [0.1, 0.15) is 90.7 Å². The molecule has 4 aliphatic rings. The van der Waals surface area contributed by atoms with E-state index < -0.39 is 36.2 Å². The highest BCUT2D eigenvalue weighted by molar-refractivity contribution is 5.96. The molecule has 0 bridgehead atoms. The van der Waals surface area contributed by atoms with Gasteiger partial charge < -0.3 is 25.1 Å². The molecule has 0 aliphatic heterocycles. The lowest BCUT2D eigenvalue weighted by Gasteiger charge is -2.59. The van der Waals surface area contributed by atoms with Crippen molar-refractivity contribution in [1.29, 1.82) is 0 Å². The quantitative estimate of drug-likeness (QED) is 0.285. The average molecular weight is 595 g/mol. The standard InChI is InChI=1S/C34H46N2O7/c1-5-42-31(40)29(30(39)22-9-7-6-8-10-22)35-28(38)20-43-36-24-13-16-32(3)23(19-24)11-12-25-26(32)14-17-33(4)27(25)15-18-34(33,41)21(2)37/h6-10,19,25-27,29-30,39,41H,5,11-18,20H2,1-4H3,(H,35,38)/b36-24-/t25?,26?,27?,29?,30?,32-,33-,34-/m0/s1. The zero-order valence-electron chi connectivity index (χ0n) is 25.8. The number of nitrogens with zero attached hydrogens (tertiary/aromatic N) is 1. The number of aliphatic hydroxyl groups is 2. The number of carbonyl (C=O) groups is 3. The van der Waals surface area contributed by atoms with Crippen LogP contribution in [-0.4, -0.2) is 58.4 Å². The molecule has 1 aromatic carbocycles. The number of esters is 1. The molecule has 4 aliphatic carbocycles. The van der Waals surface area contributed by atoms with Gasteiger partial charge in [-0.1, -0.05) is 54.9 Å². The zero-order valence-corrected chi connectivity index (χ0v) is 25.8. The first-order chi connectivity index (χ1) is 20.4. The van der Waals surface area contributed by atoms with Crippen LogP contribution >= 0.6 is 0 Å². The number of hydrogen-bond acceptors (Lipinski definition) is 8. The number of ketones is 1. The summed E-state index contributed by atoms with van der Waals surface area (Å²) in [5.41, 5.74) is 1.13. The van der Waals surface area contributed by atoms with Crippen molar-refractivity contribution in [2.75, 3.05) is 13.2 Å². The molecule has 3 saturated carbocycles. The van der Waals surface area contributed by atoms with Crippen LogP contribution in [0.2, 0.25) is 0 Å². The number of fused-ring (bicyclic) bond motifs is 5. The van der Waals surface area contributed by atoms with Gasteiger partial charge in [0, 0.05) is 5.41 Å². The van der Waals surface area contributed by atoms with E-state index in [2.05, 4.69) is 30.4 Å². The van der Waals surface area contributed by atoms with Crippen molar-refractivity contribution in [3.8, 4) is 0 Å². The number of rotatable bonds is 9. The van der Waals surface area contributed by atoms with Crippen LogP contribution in [0.15, 0.2) is 47.1 Å². The number of ether oxygens (including phenoxy) is 1. The van der Waals surface area contributed by atoms with E-state index in [0.29, 0.717) is 29.7 Å². The molecule has 0 spiro atoms. The minimum absolute atomic E-state index is 0.0397. The van der Waals surface area contributed by atoms with Gasteiger partial charge in [0.25, 0.3) is 5.91 Å². The molecule has 1 aromatic rings. The molecule has 0 radical (unpaired) electrons. The number of oxime groups is 1. The van der Waals surface area contributed by atoms with E-state index in [0.717, 1.165) is 50.7 Å². The second-order valence-electron chi connectivity index (χ2n) is 13.4. The molecule has 9 heteroatoms. The van der Waals surface area contributed by atoms with Crippen molar-refractivity contribution in [2.24, 2.45) is 33.7 Å². The van der Waals surface area contributed by atoms with Crippen LogP contribution < -0.4 is 5.32 Å². The summed E-state index contributed by atoms with van der Waals surface area (Å²) in [6.45, 7) is 7.44. The number of amides is 1. The number of carbonyl (C=O) groups excluding carboxylic acids is 3. The first kappa shape index (κ1) is 31.4. The molecule has 5 unspecified atom stereocenters. The maximum absolute atomic E-state index is 12.7. The van der Waals surface area contributed by atoms with Crippen molar-refractivity contribution in [1.82, 2.24) is 5.32 Å². The van der Waals surface area contributed by atoms with Crippen LogP contribution in [0, 0.1) is 28.6 Å². The Balaban J connectivity index is 1.22. The normalized spacial score (nSPS) is 35.4. The first-order valence-corrected chi connectivity index (χ1v) is 15.8. The molecule has 234 valence electrons. The predicted octanol–water partition coefficient (Wildman–Crippen LogP) is 4.42. The van der Waals surface area contributed by atoms with Gasteiger partial charge in [-0.3, -0.25) is 9.59 Å². The van der Waals surface area contributed by atoms with Crippen LogP contribution in [-0.2, 0) is 24.0 Å². The topological polar surface area (TPSA) is 135 Å². The van der Waals surface area contributed by atoms with Gasteiger partial charge in [0.05, 0.1) is 12.3 Å². The van der Waals surface area contributed by atoms with E-state index in [1.54, 1.807) is 44.2 Å². The Morgan fingerprint density at radius 3 is 2.47 bits per heavy atom. The summed E-state index contributed by atoms with van der Waals surface area (Å²) in [4.78, 5) is 43.2. The lowest BCUT2D eigenvalue weighted by Crippen LogP contribution is -2.57. The molecule has 0 heterocycles. The third kappa shape index (κ3) is 5.55. The molecule has 8 atom stereocenters. The first-order valence-electron chi connectivity index (χ1n) is 15.8. The van der Waals surface area contributed by atoms with Crippen LogP contribution in [0.25, 0.3) is 0 Å². The van der Waals surface area contributed by atoms with Crippen molar-refractivity contribution < 1.29 is 34.2 Å². The van der Waals surface area contributed by atoms with Gasteiger partial charge in [-0.2, -0.15) is 0 Å². The maximum atomic E-state index is 12.7. The molecule has 3 fully saturated rings. The van der Waals surface area contributed by atoms with Crippen molar-refractivity contribution in [3.05, 3.63) is 47.5 Å². The average Bonchev–Trinajstić information content (AvgIpc) is 3.27. The van der Waals surface area contributed by atoms with Crippen molar-refractivity contribution in [2.45, 2.75) is 96.8 Å². The minimum atomic E-state index is -1.28. The highest BCUT2D eigenvalue weighted by Gasteiger charge is 2.65. The van der Waals surface area contributed by atoms with Gasteiger partial charge in [-0.25, -0.2) is 4.79 Å². The monoisotopic (exact) mass is 594 g/mol. The van der Waals surface area contributed by atoms with Crippen molar-refractivity contribution in [3.63, 3.8) is 0 Å². The molecule has 9 nitrogen and oxygen atoms in total. The number of benzene rings is 1.